The SMILES string of the molecule is CCN=CCC(=O)c1ccccn1. The zero-order valence-corrected chi connectivity index (χ0v) is 7.60. The van der Waals surface area contributed by atoms with Crippen molar-refractivity contribution in [3.8, 4) is 0 Å². The Bertz CT molecular complexity index is 293. The number of ketones is 1. The van der Waals surface area contributed by atoms with Crippen molar-refractivity contribution in [2.45, 2.75) is 13.3 Å². The molecule has 0 bridgehead atoms. The topological polar surface area (TPSA) is 42.3 Å². The monoisotopic (exact) mass is 176 g/mol. The minimum Gasteiger partial charge on any atom is -0.297 e. The van der Waals surface area contributed by atoms with Crippen LogP contribution in [-0.2, 0) is 0 Å². The van der Waals surface area contributed by atoms with E-state index >= 15 is 0 Å². The van der Waals surface area contributed by atoms with Gasteiger partial charge in [-0.15, -0.1) is 0 Å². The maximum Gasteiger partial charge on any atom is 0.186 e. The second kappa shape index (κ2) is 5.19. The van der Waals surface area contributed by atoms with Gasteiger partial charge in [0, 0.05) is 25.4 Å². The van der Waals surface area contributed by atoms with Gasteiger partial charge in [-0.3, -0.25) is 14.8 Å². The van der Waals surface area contributed by atoms with E-state index in [9.17, 15) is 4.79 Å². The standard InChI is InChI=1S/C10H12N2O/c1-2-11-8-6-10(13)9-5-3-4-7-12-9/h3-5,7-8H,2,6H2,1H3. The summed E-state index contributed by atoms with van der Waals surface area (Å²) >= 11 is 0. The Morgan fingerprint density at radius 2 is 2.46 bits per heavy atom. The van der Waals surface area contributed by atoms with Crippen LogP contribution < -0.4 is 0 Å². The zero-order valence-electron chi connectivity index (χ0n) is 7.60. The number of nitrogens with zero attached hydrogens (tertiary/aromatic N) is 2. The van der Waals surface area contributed by atoms with E-state index in [2.05, 4.69) is 9.98 Å². The van der Waals surface area contributed by atoms with Gasteiger partial charge < -0.3 is 0 Å². The van der Waals surface area contributed by atoms with E-state index in [4.69, 9.17) is 0 Å². The van der Waals surface area contributed by atoms with Crippen molar-refractivity contribution in [2.24, 2.45) is 4.99 Å². The third kappa shape index (κ3) is 3.15. The fourth-order valence-electron chi connectivity index (χ4n) is 0.909. The van der Waals surface area contributed by atoms with Crippen LogP contribution in [0.3, 0.4) is 0 Å². The van der Waals surface area contributed by atoms with Gasteiger partial charge in [0.25, 0.3) is 0 Å². The average Bonchev–Trinajstić information content (AvgIpc) is 2.19. The Morgan fingerprint density at radius 1 is 1.62 bits per heavy atom. The van der Waals surface area contributed by atoms with Crippen molar-refractivity contribution >= 4 is 12.0 Å². The molecule has 0 saturated carbocycles. The number of aromatic nitrogens is 1. The first kappa shape index (κ1) is 9.58. The molecule has 0 atom stereocenters. The first-order valence-corrected chi connectivity index (χ1v) is 4.27. The van der Waals surface area contributed by atoms with Gasteiger partial charge in [-0.2, -0.15) is 0 Å². The molecule has 0 aliphatic carbocycles. The fourth-order valence-corrected chi connectivity index (χ4v) is 0.909. The summed E-state index contributed by atoms with van der Waals surface area (Å²) in [5.74, 6) is 0.0119. The molecular weight excluding hydrogens is 164 g/mol. The third-order valence-electron chi connectivity index (χ3n) is 1.54. The molecule has 0 amide bonds. The Kier molecular flexibility index (Phi) is 3.82. The van der Waals surface area contributed by atoms with Gasteiger partial charge in [-0.05, 0) is 19.1 Å². The normalized spacial score (nSPS) is 10.5. The summed E-state index contributed by atoms with van der Waals surface area (Å²) in [5.41, 5.74) is 0.505. The highest BCUT2D eigenvalue weighted by Crippen LogP contribution is 1.96. The molecule has 1 rings (SSSR count). The van der Waals surface area contributed by atoms with Crippen LogP contribution in [0, 0.1) is 0 Å². The molecule has 13 heavy (non-hydrogen) atoms. The molecule has 68 valence electrons. The van der Waals surface area contributed by atoms with Gasteiger partial charge in [0.05, 0.1) is 0 Å². The molecule has 3 heteroatoms. The molecule has 0 radical (unpaired) electrons. The molecule has 0 aliphatic heterocycles. The van der Waals surface area contributed by atoms with Crippen LogP contribution in [-0.4, -0.2) is 23.5 Å². The van der Waals surface area contributed by atoms with E-state index in [1.54, 1.807) is 30.6 Å². The van der Waals surface area contributed by atoms with Crippen LogP contribution >= 0.6 is 0 Å². The smallest absolute Gasteiger partial charge is 0.186 e. The maximum atomic E-state index is 11.4. The lowest BCUT2D eigenvalue weighted by molar-refractivity contribution is 0.0997. The van der Waals surface area contributed by atoms with Gasteiger partial charge in [0.15, 0.2) is 5.78 Å². The number of pyridine rings is 1. The van der Waals surface area contributed by atoms with E-state index in [1.165, 1.54) is 0 Å². The van der Waals surface area contributed by atoms with E-state index in [-0.39, 0.29) is 5.78 Å². The number of carbonyl (C=O) groups excluding carboxylic acids is 1. The van der Waals surface area contributed by atoms with Crippen molar-refractivity contribution in [1.29, 1.82) is 0 Å². The molecular formula is C10H12N2O. The van der Waals surface area contributed by atoms with Crippen molar-refractivity contribution in [1.82, 2.24) is 4.98 Å². The summed E-state index contributed by atoms with van der Waals surface area (Å²) in [6, 6.07) is 5.30. The maximum absolute atomic E-state index is 11.4. The first-order chi connectivity index (χ1) is 6.34. The van der Waals surface area contributed by atoms with Crippen LogP contribution in [0.2, 0.25) is 0 Å². The number of rotatable bonds is 4. The molecule has 3 nitrogen and oxygen atoms in total. The Labute approximate surface area is 77.5 Å². The van der Waals surface area contributed by atoms with Crippen LogP contribution in [0.15, 0.2) is 29.4 Å². The predicted molar refractivity (Wildman–Crippen MR) is 52.2 cm³/mol. The van der Waals surface area contributed by atoms with Gasteiger partial charge in [-0.25, -0.2) is 0 Å². The van der Waals surface area contributed by atoms with Gasteiger partial charge in [0.1, 0.15) is 5.69 Å². The quantitative estimate of drug-likeness (QED) is 0.518. The van der Waals surface area contributed by atoms with Crippen molar-refractivity contribution in [3.63, 3.8) is 0 Å². The molecule has 0 unspecified atom stereocenters. The van der Waals surface area contributed by atoms with Crippen molar-refractivity contribution in [2.75, 3.05) is 6.54 Å². The molecule has 0 N–H and O–H groups in total. The second-order valence-electron chi connectivity index (χ2n) is 2.52. The number of hydrogen-bond donors (Lipinski definition) is 0. The number of aliphatic imine (C=N–C) groups is 1. The molecule has 1 aromatic heterocycles. The fraction of sp³-hybridized carbons (Fsp3) is 0.300. The lowest BCUT2D eigenvalue weighted by Gasteiger charge is -1.94. The predicted octanol–water partition coefficient (Wildman–Crippen LogP) is 1.75. The highest BCUT2D eigenvalue weighted by molar-refractivity contribution is 6.02. The van der Waals surface area contributed by atoms with E-state index in [0.29, 0.717) is 12.1 Å². The summed E-state index contributed by atoms with van der Waals surface area (Å²) < 4.78 is 0. The largest absolute Gasteiger partial charge is 0.297 e. The van der Waals surface area contributed by atoms with Crippen LogP contribution in [0.5, 0.6) is 0 Å². The summed E-state index contributed by atoms with van der Waals surface area (Å²) in [4.78, 5) is 19.3. The molecule has 0 saturated heterocycles. The minimum absolute atomic E-state index is 0.0119. The highest BCUT2D eigenvalue weighted by atomic mass is 16.1. The first-order valence-electron chi connectivity index (χ1n) is 4.27. The Balaban J connectivity index is 2.54. The Hall–Kier alpha value is -1.51. The number of Topliss-reactive ketones (excluding diaryl/α,β-unsaturated/α-hetero) is 1. The van der Waals surface area contributed by atoms with E-state index in [0.717, 1.165) is 6.54 Å². The zero-order chi connectivity index (χ0) is 9.52. The van der Waals surface area contributed by atoms with Crippen molar-refractivity contribution in [3.05, 3.63) is 30.1 Å². The number of hydrogen-bond acceptors (Lipinski definition) is 3. The van der Waals surface area contributed by atoms with E-state index < -0.39 is 0 Å². The summed E-state index contributed by atoms with van der Waals surface area (Å²) in [7, 11) is 0. The van der Waals surface area contributed by atoms with Gasteiger partial charge in [-0.1, -0.05) is 6.07 Å². The van der Waals surface area contributed by atoms with Gasteiger partial charge >= 0.3 is 0 Å². The molecule has 0 aliphatic rings. The molecule has 1 heterocycles. The molecule has 0 spiro atoms. The minimum atomic E-state index is 0.0119. The second-order valence-corrected chi connectivity index (χ2v) is 2.52. The van der Waals surface area contributed by atoms with E-state index in [1.807, 2.05) is 6.92 Å². The average molecular weight is 176 g/mol. The number of carbonyl (C=O) groups is 1. The van der Waals surface area contributed by atoms with Crippen LogP contribution in [0.1, 0.15) is 23.8 Å². The van der Waals surface area contributed by atoms with Crippen LogP contribution in [0.4, 0.5) is 0 Å². The molecule has 1 aromatic rings. The highest BCUT2D eigenvalue weighted by Gasteiger charge is 2.02. The van der Waals surface area contributed by atoms with Crippen LogP contribution in [0.25, 0.3) is 0 Å². The summed E-state index contributed by atoms with van der Waals surface area (Å²) in [6.07, 6.45) is 3.59. The lowest BCUT2D eigenvalue weighted by atomic mass is 10.2. The van der Waals surface area contributed by atoms with Crippen molar-refractivity contribution < 1.29 is 4.79 Å². The third-order valence-corrected chi connectivity index (χ3v) is 1.54. The molecule has 0 aromatic carbocycles. The lowest BCUT2D eigenvalue weighted by Crippen LogP contribution is -2.01. The van der Waals surface area contributed by atoms with Gasteiger partial charge in [0.2, 0.25) is 0 Å². The molecule has 0 fully saturated rings. The summed E-state index contributed by atoms with van der Waals surface area (Å²) in [6.45, 7) is 2.65. The Morgan fingerprint density at radius 3 is 3.08 bits per heavy atom. The summed E-state index contributed by atoms with van der Waals surface area (Å²) in [5, 5.41) is 0.